The van der Waals surface area contributed by atoms with Crippen molar-refractivity contribution in [3.8, 4) is 0 Å². The number of nitrogens with zero attached hydrogens (tertiary/aromatic N) is 2. The van der Waals surface area contributed by atoms with Crippen LogP contribution in [0.25, 0.3) is 0 Å². The van der Waals surface area contributed by atoms with Crippen LogP contribution in [-0.2, 0) is 0 Å². The fraction of sp³-hybridized carbons (Fsp3) is 0.625. The Morgan fingerprint density at radius 1 is 1.60 bits per heavy atom. The summed E-state index contributed by atoms with van der Waals surface area (Å²) in [4.78, 5) is 6.32. The normalized spacial score (nSPS) is 11.3. The third kappa shape index (κ3) is 3.28. The highest BCUT2D eigenvalue weighted by Crippen LogP contribution is 1.89. The monoisotopic (exact) mass is 140 g/mol. The highest BCUT2D eigenvalue weighted by atomic mass is 15.1. The van der Waals surface area contributed by atoms with Crippen molar-refractivity contribution in [1.29, 1.82) is 0 Å². The zero-order valence-corrected chi connectivity index (χ0v) is 7.09. The van der Waals surface area contributed by atoms with Gasteiger partial charge >= 0.3 is 0 Å². The lowest BCUT2D eigenvalue weighted by Crippen LogP contribution is -2.21. The van der Waals surface area contributed by atoms with Gasteiger partial charge in [0, 0.05) is 20.5 Å². The molecule has 0 aliphatic carbocycles. The summed E-state index contributed by atoms with van der Waals surface area (Å²) in [5.41, 5.74) is 0. The second-order valence-corrected chi connectivity index (χ2v) is 2.29. The standard InChI is InChI=1S/C8H16N2/c1-5-7-9-8(6-2)10(3)4/h5H,1,6-7H2,2-4H3/b9-8-. The lowest BCUT2D eigenvalue weighted by atomic mass is 10.4. The van der Waals surface area contributed by atoms with E-state index in [0.717, 1.165) is 18.8 Å². The molecule has 0 aliphatic heterocycles. The van der Waals surface area contributed by atoms with Crippen LogP contribution in [0, 0.1) is 0 Å². The van der Waals surface area contributed by atoms with Crippen molar-refractivity contribution >= 4 is 5.84 Å². The quantitative estimate of drug-likeness (QED) is 0.330. The molecule has 0 bridgehead atoms. The summed E-state index contributed by atoms with van der Waals surface area (Å²) in [5, 5.41) is 0. The van der Waals surface area contributed by atoms with Gasteiger partial charge in [-0.05, 0) is 0 Å². The van der Waals surface area contributed by atoms with Gasteiger partial charge in [0.1, 0.15) is 0 Å². The van der Waals surface area contributed by atoms with E-state index < -0.39 is 0 Å². The van der Waals surface area contributed by atoms with Crippen LogP contribution in [0.2, 0.25) is 0 Å². The first-order chi connectivity index (χ1) is 4.72. The Bertz CT molecular complexity index is 125. The number of aliphatic imine (C=N–C) groups is 1. The largest absolute Gasteiger partial charge is 0.366 e. The third-order valence-electron chi connectivity index (χ3n) is 1.24. The first-order valence-electron chi connectivity index (χ1n) is 3.54. The average molecular weight is 140 g/mol. The van der Waals surface area contributed by atoms with E-state index in [1.54, 1.807) is 6.08 Å². The zero-order chi connectivity index (χ0) is 7.98. The molecule has 0 rings (SSSR count). The van der Waals surface area contributed by atoms with E-state index in [0.29, 0.717) is 0 Å². The first-order valence-corrected chi connectivity index (χ1v) is 3.54. The number of rotatable bonds is 3. The maximum Gasteiger partial charge on any atom is 0.0984 e. The molecule has 0 radical (unpaired) electrons. The van der Waals surface area contributed by atoms with Gasteiger partial charge in [-0.25, -0.2) is 0 Å². The molecule has 0 unspecified atom stereocenters. The predicted molar refractivity (Wildman–Crippen MR) is 46.5 cm³/mol. The molecular weight excluding hydrogens is 124 g/mol. The first kappa shape index (κ1) is 9.21. The molecule has 0 N–H and O–H groups in total. The molecule has 2 nitrogen and oxygen atoms in total. The van der Waals surface area contributed by atoms with Gasteiger partial charge in [-0.3, -0.25) is 4.99 Å². The van der Waals surface area contributed by atoms with Crippen LogP contribution >= 0.6 is 0 Å². The fourth-order valence-electron chi connectivity index (χ4n) is 0.739. The summed E-state index contributed by atoms with van der Waals surface area (Å²) in [6.45, 7) is 6.42. The second kappa shape index (κ2) is 5.03. The van der Waals surface area contributed by atoms with Crippen LogP contribution in [0.15, 0.2) is 17.6 Å². The van der Waals surface area contributed by atoms with Crippen molar-refractivity contribution in [2.45, 2.75) is 13.3 Å². The minimum absolute atomic E-state index is 0.724. The van der Waals surface area contributed by atoms with Crippen LogP contribution in [-0.4, -0.2) is 31.4 Å². The van der Waals surface area contributed by atoms with Crippen molar-refractivity contribution in [3.05, 3.63) is 12.7 Å². The molecule has 0 aromatic carbocycles. The molecule has 10 heavy (non-hydrogen) atoms. The number of hydrogen-bond acceptors (Lipinski definition) is 1. The topological polar surface area (TPSA) is 15.6 Å². The van der Waals surface area contributed by atoms with Crippen molar-refractivity contribution in [2.75, 3.05) is 20.6 Å². The highest BCUT2D eigenvalue weighted by molar-refractivity contribution is 5.81. The van der Waals surface area contributed by atoms with E-state index in [1.807, 2.05) is 19.0 Å². The van der Waals surface area contributed by atoms with E-state index in [2.05, 4.69) is 18.5 Å². The molecule has 0 spiro atoms. The Labute approximate surface area is 63.3 Å². The van der Waals surface area contributed by atoms with Gasteiger partial charge in [-0.15, -0.1) is 6.58 Å². The van der Waals surface area contributed by atoms with Crippen LogP contribution in [0.1, 0.15) is 13.3 Å². The minimum Gasteiger partial charge on any atom is -0.366 e. The van der Waals surface area contributed by atoms with E-state index in [9.17, 15) is 0 Å². The Kier molecular flexibility index (Phi) is 4.63. The van der Waals surface area contributed by atoms with Gasteiger partial charge < -0.3 is 4.90 Å². The van der Waals surface area contributed by atoms with Crippen molar-refractivity contribution < 1.29 is 0 Å². The second-order valence-electron chi connectivity index (χ2n) is 2.29. The predicted octanol–water partition coefficient (Wildman–Crippen LogP) is 1.54. The molecule has 0 aliphatic rings. The summed E-state index contributed by atoms with van der Waals surface area (Å²) in [6, 6.07) is 0. The molecule has 0 saturated carbocycles. The van der Waals surface area contributed by atoms with E-state index in [4.69, 9.17) is 0 Å². The smallest absolute Gasteiger partial charge is 0.0984 e. The Balaban J connectivity index is 3.90. The number of hydrogen-bond donors (Lipinski definition) is 0. The molecule has 0 atom stereocenters. The molecule has 0 heterocycles. The zero-order valence-electron chi connectivity index (χ0n) is 7.09. The van der Waals surface area contributed by atoms with Crippen molar-refractivity contribution in [2.24, 2.45) is 4.99 Å². The average Bonchev–Trinajstić information content (AvgIpc) is 1.89. The van der Waals surface area contributed by atoms with Crippen LogP contribution in [0.4, 0.5) is 0 Å². The summed E-state index contributed by atoms with van der Waals surface area (Å²) < 4.78 is 0. The maximum absolute atomic E-state index is 4.28. The van der Waals surface area contributed by atoms with E-state index >= 15 is 0 Å². The van der Waals surface area contributed by atoms with Gasteiger partial charge in [0.25, 0.3) is 0 Å². The van der Waals surface area contributed by atoms with Gasteiger partial charge in [-0.1, -0.05) is 13.0 Å². The summed E-state index contributed by atoms with van der Waals surface area (Å²) >= 11 is 0. The minimum atomic E-state index is 0.724. The van der Waals surface area contributed by atoms with Gasteiger partial charge in [0.15, 0.2) is 0 Å². The summed E-state index contributed by atoms with van der Waals surface area (Å²) in [5.74, 6) is 1.12. The highest BCUT2D eigenvalue weighted by Gasteiger charge is 1.94. The Hall–Kier alpha value is -0.790. The Morgan fingerprint density at radius 3 is 2.50 bits per heavy atom. The van der Waals surface area contributed by atoms with Crippen molar-refractivity contribution in [3.63, 3.8) is 0 Å². The molecule has 0 saturated heterocycles. The number of amidine groups is 1. The van der Waals surface area contributed by atoms with Gasteiger partial charge in [0.05, 0.1) is 12.4 Å². The van der Waals surface area contributed by atoms with Gasteiger partial charge in [0.2, 0.25) is 0 Å². The molecule has 2 heteroatoms. The summed E-state index contributed by atoms with van der Waals surface area (Å²) in [6.07, 6.45) is 2.79. The van der Waals surface area contributed by atoms with Crippen LogP contribution in [0.5, 0.6) is 0 Å². The maximum atomic E-state index is 4.28. The lowest BCUT2D eigenvalue weighted by Gasteiger charge is -2.13. The van der Waals surface area contributed by atoms with E-state index in [1.165, 1.54) is 0 Å². The molecule has 0 aromatic rings. The lowest BCUT2D eigenvalue weighted by molar-refractivity contribution is 0.604. The molecule has 0 amide bonds. The molecule has 0 aromatic heterocycles. The van der Waals surface area contributed by atoms with Gasteiger partial charge in [-0.2, -0.15) is 0 Å². The molecule has 58 valence electrons. The van der Waals surface area contributed by atoms with Crippen LogP contribution < -0.4 is 0 Å². The van der Waals surface area contributed by atoms with Crippen molar-refractivity contribution in [1.82, 2.24) is 4.90 Å². The Morgan fingerprint density at radius 2 is 2.20 bits per heavy atom. The van der Waals surface area contributed by atoms with E-state index in [-0.39, 0.29) is 0 Å². The SMILES string of the molecule is C=CC/N=C(/CC)N(C)C. The molecule has 0 fully saturated rings. The molecular formula is C8H16N2. The fourth-order valence-corrected chi connectivity index (χ4v) is 0.739. The van der Waals surface area contributed by atoms with Crippen LogP contribution in [0.3, 0.4) is 0 Å². The third-order valence-corrected chi connectivity index (χ3v) is 1.24. The summed E-state index contributed by atoms with van der Waals surface area (Å²) in [7, 11) is 4.01.